The maximum absolute atomic E-state index is 12.7. The Morgan fingerprint density at radius 2 is 1.82 bits per heavy atom. The molecule has 28 heavy (non-hydrogen) atoms. The van der Waals surface area contributed by atoms with E-state index < -0.39 is 6.10 Å². The molecule has 0 aromatic heterocycles. The number of carbonyl (C=O) groups excluding carboxylic acids is 2. The maximum atomic E-state index is 12.7. The first-order valence-electron chi connectivity index (χ1n) is 9.33. The highest BCUT2D eigenvalue weighted by Crippen LogP contribution is 2.32. The molecule has 1 N–H and O–H groups in total. The van der Waals surface area contributed by atoms with Gasteiger partial charge in [-0.25, -0.2) is 0 Å². The number of benzene rings is 2. The molecule has 0 aliphatic carbocycles. The van der Waals surface area contributed by atoms with Crippen molar-refractivity contribution in [3.63, 3.8) is 0 Å². The van der Waals surface area contributed by atoms with Crippen molar-refractivity contribution in [3.05, 3.63) is 54.1 Å². The molecule has 1 atom stereocenters. The lowest BCUT2D eigenvalue weighted by Gasteiger charge is -2.32. The van der Waals surface area contributed by atoms with E-state index in [4.69, 9.17) is 14.2 Å². The van der Waals surface area contributed by atoms with Gasteiger partial charge in [0.25, 0.3) is 5.91 Å². The molecule has 4 rings (SSSR count). The van der Waals surface area contributed by atoms with Crippen LogP contribution in [0.2, 0.25) is 0 Å². The van der Waals surface area contributed by atoms with Crippen LogP contribution in [0.25, 0.3) is 0 Å². The van der Waals surface area contributed by atoms with Crippen LogP contribution in [0, 0.1) is 0 Å². The van der Waals surface area contributed by atoms with Crippen LogP contribution in [-0.2, 0) is 20.9 Å². The van der Waals surface area contributed by atoms with Crippen molar-refractivity contribution in [1.29, 1.82) is 0 Å². The summed E-state index contributed by atoms with van der Waals surface area (Å²) in [5.74, 6) is 0.818. The van der Waals surface area contributed by atoms with Crippen LogP contribution in [0.4, 0.5) is 5.69 Å². The zero-order valence-corrected chi connectivity index (χ0v) is 15.4. The van der Waals surface area contributed by atoms with Gasteiger partial charge in [-0.3, -0.25) is 9.59 Å². The average Bonchev–Trinajstić information content (AvgIpc) is 2.72. The molecule has 1 fully saturated rings. The molecule has 0 spiro atoms. The van der Waals surface area contributed by atoms with Crippen LogP contribution in [0.1, 0.15) is 12.0 Å². The summed E-state index contributed by atoms with van der Waals surface area (Å²) >= 11 is 0. The minimum Gasteiger partial charge on any atom is -0.486 e. The number of morpholine rings is 1. The number of amides is 2. The fourth-order valence-electron chi connectivity index (χ4n) is 3.30. The number of hydrogen-bond acceptors (Lipinski definition) is 5. The van der Waals surface area contributed by atoms with E-state index in [0.717, 1.165) is 5.56 Å². The number of hydrogen-bond donors (Lipinski definition) is 1. The number of nitrogens with zero attached hydrogens (tertiary/aromatic N) is 1. The van der Waals surface area contributed by atoms with Gasteiger partial charge >= 0.3 is 0 Å². The first-order chi connectivity index (χ1) is 13.7. The molecule has 2 heterocycles. The van der Waals surface area contributed by atoms with E-state index in [1.807, 2.05) is 30.3 Å². The Balaban J connectivity index is 1.35. The van der Waals surface area contributed by atoms with E-state index >= 15 is 0 Å². The summed E-state index contributed by atoms with van der Waals surface area (Å²) in [5.41, 5.74) is 1.65. The minimum absolute atomic E-state index is 0.0292. The normalized spacial score (nSPS) is 18.6. The molecule has 2 amide bonds. The topological polar surface area (TPSA) is 77.1 Å². The molecule has 2 aliphatic heterocycles. The Labute approximate surface area is 163 Å². The fourth-order valence-corrected chi connectivity index (χ4v) is 3.30. The Morgan fingerprint density at radius 1 is 1.04 bits per heavy atom. The molecule has 0 radical (unpaired) electrons. The highest BCUT2D eigenvalue weighted by atomic mass is 16.6. The van der Waals surface area contributed by atoms with Crippen LogP contribution < -0.4 is 14.8 Å². The largest absolute Gasteiger partial charge is 0.486 e. The predicted octanol–water partition coefficient (Wildman–Crippen LogP) is 2.21. The molecule has 7 nitrogen and oxygen atoms in total. The summed E-state index contributed by atoms with van der Waals surface area (Å²) < 4.78 is 16.6. The molecule has 0 unspecified atom stereocenters. The van der Waals surface area contributed by atoms with Gasteiger partial charge in [-0.1, -0.05) is 30.3 Å². The second kappa shape index (κ2) is 8.31. The van der Waals surface area contributed by atoms with Gasteiger partial charge in [0.1, 0.15) is 19.3 Å². The molecule has 146 valence electrons. The summed E-state index contributed by atoms with van der Waals surface area (Å²) in [6.45, 7) is 2.45. The number of ether oxygens (including phenoxy) is 3. The molecule has 2 aromatic rings. The van der Waals surface area contributed by atoms with Crippen molar-refractivity contribution in [3.8, 4) is 11.5 Å². The van der Waals surface area contributed by atoms with Crippen molar-refractivity contribution in [2.45, 2.75) is 19.1 Å². The third-order valence-corrected chi connectivity index (χ3v) is 4.68. The van der Waals surface area contributed by atoms with E-state index in [9.17, 15) is 9.59 Å². The van der Waals surface area contributed by atoms with E-state index in [2.05, 4.69) is 5.32 Å². The summed E-state index contributed by atoms with van der Waals surface area (Å²) in [6, 6.07) is 15.0. The van der Waals surface area contributed by atoms with Crippen LogP contribution in [0.15, 0.2) is 48.5 Å². The number of fused-ring (bicyclic) bond motifs is 1. The van der Waals surface area contributed by atoms with Gasteiger partial charge in [0.2, 0.25) is 5.91 Å². The number of rotatable bonds is 5. The minimum atomic E-state index is -0.769. The number of anilines is 1. The van der Waals surface area contributed by atoms with Gasteiger partial charge in [0.15, 0.2) is 11.5 Å². The smallest absolute Gasteiger partial charge is 0.252 e. The molecule has 2 aliphatic rings. The van der Waals surface area contributed by atoms with E-state index in [1.165, 1.54) is 0 Å². The molecule has 2 aromatic carbocycles. The van der Waals surface area contributed by atoms with Gasteiger partial charge < -0.3 is 24.4 Å². The van der Waals surface area contributed by atoms with Gasteiger partial charge in [-0.05, 0) is 17.7 Å². The van der Waals surface area contributed by atoms with E-state index in [-0.39, 0.29) is 18.2 Å². The first-order valence-corrected chi connectivity index (χ1v) is 9.33. The summed E-state index contributed by atoms with van der Waals surface area (Å²) in [5, 5.41) is 2.80. The standard InChI is InChI=1S/C21H22N2O5/c24-20(22-16-6-7-17-18(12-16)28-11-10-27-17)13-19-21(25)23(8-9-26-19)14-15-4-2-1-3-5-15/h1-7,12,19H,8-11,13-14H2,(H,22,24)/t19-/m0/s1. The number of carbonyl (C=O) groups is 2. The monoisotopic (exact) mass is 382 g/mol. The van der Waals surface area contributed by atoms with Crippen molar-refractivity contribution in [2.24, 2.45) is 0 Å². The zero-order valence-electron chi connectivity index (χ0n) is 15.4. The lowest BCUT2D eigenvalue weighted by atomic mass is 10.1. The van der Waals surface area contributed by atoms with Gasteiger partial charge in [-0.2, -0.15) is 0 Å². The van der Waals surface area contributed by atoms with Crippen molar-refractivity contribution in [2.75, 3.05) is 31.7 Å². The lowest BCUT2D eigenvalue weighted by Crippen LogP contribution is -2.48. The fraction of sp³-hybridized carbons (Fsp3) is 0.333. The van der Waals surface area contributed by atoms with Crippen molar-refractivity contribution in [1.82, 2.24) is 4.90 Å². The maximum Gasteiger partial charge on any atom is 0.252 e. The molecular weight excluding hydrogens is 360 g/mol. The van der Waals surface area contributed by atoms with Crippen LogP contribution in [0.3, 0.4) is 0 Å². The quantitative estimate of drug-likeness (QED) is 0.858. The lowest BCUT2D eigenvalue weighted by molar-refractivity contribution is -0.155. The van der Waals surface area contributed by atoms with Gasteiger partial charge in [-0.15, -0.1) is 0 Å². The van der Waals surface area contributed by atoms with Gasteiger partial charge in [0.05, 0.1) is 13.0 Å². The highest BCUT2D eigenvalue weighted by Gasteiger charge is 2.31. The zero-order chi connectivity index (χ0) is 19.3. The average molecular weight is 382 g/mol. The van der Waals surface area contributed by atoms with Crippen LogP contribution >= 0.6 is 0 Å². The molecule has 0 saturated carbocycles. The first kappa shape index (κ1) is 18.3. The Hall–Kier alpha value is -3.06. The molecular formula is C21H22N2O5. The predicted molar refractivity (Wildman–Crippen MR) is 102 cm³/mol. The molecule has 1 saturated heterocycles. The second-order valence-electron chi connectivity index (χ2n) is 6.72. The van der Waals surface area contributed by atoms with Crippen molar-refractivity contribution < 1.29 is 23.8 Å². The third kappa shape index (κ3) is 4.26. The molecule has 0 bridgehead atoms. The Morgan fingerprint density at radius 3 is 2.64 bits per heavy atom. The van der Waals surface area contributed by atoms with E-state index in [0.29, 0.717) is 50.1 Å². The highest BCUT2D eigenvalue weighted by molar-refractivity contribution is 5.95. The summed E-state index contributed by atoms with van der Waals surface area (Å²) in [6.07, 6.45) is -0.798. The van der Waals surface area contributed by atoms with E-state index in [1.54, 1.807) is 23.1 Å². The summed E-state index contributed by atoms with van der Waals surface area (Å²) in [7, 11) is 0. The Kier molecular flexibility index (Phi) is 5.43. The summed E-state index contributed by atoms with van der Waals surface area (Å²) in [4.78, 5) is 26.9. The van der Waals surface area contributed by atoms with Gasteiger partial charge in [0, 0.05) is 24.8 Å². The van der Waals surface area contributed by atoms with Crippen molar-refractivity contribution >= 4 is 17.5 Å². The Bertz CT molecular complexity index is 855. The SMILES string of the molecule is O=C(C[C@@H]1OCCN(Cc2ccccc2)C1=O)Nc1ccc2c(c1)OCCO2. The van der Waals surface area contributed by atoms with Crippen LogP contribution in [-0.4, -0.2) is 49.2 Å². The second-order valence-corrected chi connectivity index (χ2v) is 6.72. The number of nitrogens with one attached hydrogen (secondary N) is 1. The van der Waals surface area contributed by atoms with Crippen LogP contribution in [0.5, 0.6) is 11.5 Å². The third-order valence-electron chi connectivity index (χ3n) is 4.68. The molecule has 7 heteroatoms.